The molecule has 0 aliphatic rings. The van der Waals surface area contributed by atoms with Gasteiger partial charge in [-0.3, -0.25) is 14.8 Å². The first kappa shape index (κ1) is 28.2. The van der Waals surface area contributed by atoms with Crippen molar-refractivity contribution in [2.45, 2.75) is 39.7 Å². The topological polar surface area (TPSA) is 123 Å². The Hall–Kier alpha value is -4.34. The molecule has 0 saturated heterocycles. The summed E-state index contributed by atoms with van der Waals surface area (Å²) < 4.78 is 7.11. The number of nitrogens with zero attached hydrogens (tertiary/aromatic N) is 3. The normalized spacial score (nSPS) is 11.5. The Bertz CT molecular complexity index is 1830. The van der Waals surface area contributed by atoms with Gasteiger partial charge in [0.05, 0.1) is 27.9 Å². The van der Waals surface area contributed by atoms with Crippen LogP contribution >= 0.6 is 22.9 Å². The smallest absolute Gasteiger partial charge is 0.337 e. The zero-order chi connectivity index (χ0) is 29.5. The number of pyridine rings is 2. The summed E-state index contributed by atoms with van der Waals surface area (Å²) in [4.78, 5) is 36.8. The summed E-state index contributed by atoms with van der Waals surface area (Å²) in [7, 11) is 0. The molecule has 0 amide bonds. The molecular formula is C31H26ClN3O5S. The molecule has 0 aliphatic heterocycles. The highest BCUT2D eigenvalue weighted by atomic mass is 35.5. The number of carboxylic acid groups (broad SMARTS) is 2. The van der Waals surface area contributed by atoms with Crippen LogP contribution in [-0.4, -0.2) is 42.7 Å². The number of aliphatic carboxylic acids is 1. The second-order valence-corrected chi connectivity index (χ2v) is 12.0. The second-order valence-electron chi connectivity index (χ2n) is 10.5. The minimum absolute atomic E-state index is 0.0667. The predicted octanol–water partition coefficient (Wildman–Crippen LogP) is 7.55. The van der Waals surface area contributed by atoms with E-state index in [9.17, 15) is 19.8 Å². The molecule has 5 rings (SSSR count). The maximum Gasteiger partial charge on any atom is 0.337 e. The molecule has 0 saturated carbocycles. The van der Waals surface area contributed by atoms with Crippen molar-refractivity contribution in [1.82, 2.24) is 15.0 Å². The van der Waals surface area contributed by atoms with Gasteiger partial charge in [0.1, 0.15) is 16.4 Å². The summed E-state index contributed by atoms with van der Waals surface area (Å²) in [6, 6.07) is 12.5. The molecule has 0 radical (unpaired) electrons. The van der Waals surface area contributed by atoms with Crippen molar-refractivity contribution in [3.63, 3.8) is 0 Å². The summed E-state index contributed by atoms with van der Waals surface area (Å²) in [5, 5.41) is 20.4. The van der Waals surface area contributed by atoms with Crippen LogP contribution in [0.4, 0.5) is 0 Å². The molecule has 0 fully saturated rings. The number of thiazole rings is 1. The van der Waals surface area contributed by atoms with E-state index >= 15 is 0 Å². The van der Waals surface area contributed by atoms with E-state index in [-0.39, 0.29) is 12.0 Å². The molecule has 5 aromatic rings. The van der Waals surface area contributed by atoms with Crippen LogP contribution in [0.3, 0.4) is 0 Å². The molecule has 2 aromatic carbocycles. The zero-order valence-electron chi connectivity index (χ0n) is 22.7. The quantitative estimate of drug-likeness (QED) is 0.200. The number of benzene rings is 2. The third-order valence-electron chi connectivity index (χ3n) is 6.26. The molecule has 0 unspecified atom stereocenters. The van der Waals surface area contributed by atoms with E-state index in [1.165, 1.54) is 23.6 Å². The highest BCUT2D eigenvalue weighted by Gasteiger charge is 2.24. The summed E-state index contributed by atoms with van der Waals surface area (Å²) in [5.41, 5.74) is 5.12. The van der Waals surface area contributed by atoms with Crippen molar-refractivity contribution >= 4 is 45.1 Å². The van der Waals surface area contributed by atoms with Crippen molar-refractivity contribution in [3.05, 3.63) is 82.8 Å². The summed E-state index contributed by atoms with van der Waals surface area (Å²) in [5.74, 6) is -1.46. The van der Waals surface area contributed by atoms with Crippen LogP contribution in [0.15, 0.2) is 61.1 Å². The fourth-order valence-corrected chi connectivity index (χ4v) is 5.85. The van der Waals surface area contributed by atoms with Crippen molar-refractivity contribution in [2.24, 2.45) is 0 Å². The lowest BCUT2D eigenvalue weighted by Gasteiger charge is -2.24. The molecular weight excluding hydrogens is 562 g/mol. The Morgan fingerprint density at radius 2 is 1.80 bits per heavy atom. The molecule has 8 nitrogen and oxygen atoms in total. The lowest BCUT2D eigenvalue weighted by atomic mass is 9.92. The number of hydrogen-bond acceptors (Lipinski definition) is 7. The SMILES string of the molecule is Cc1cc2nc(-c3ccnc(-c4cncc(C(=O)O)c4)c3)sc2c(-c2ccc(Cl)cc2OC(C)(C)C)c1CC(=O)O. The van der Waals surface area contributed by atoms with Crippen LogP contribution in [0.25, 0.3) is 43.2 Å². The molecule has 10 heteroatoms. The number of carbonyl (C=O) groups is 2. The number of ether oxygens (including phenoxy) is 1. The number of aromatic carboxylic acids is 1. The van der Waals surface area contributed by atoms with Gasteiger partial charge in [-0.25, -0.2) is 9.78 Å². The lowest BCUT2D eigenvalue weighted by Crippen LogP contribution is -2.23. The third-order valence-corrected chi connectivity index (χ3v) is 7.63. The molecule has 0 bridgehead atoms. The van der Waals surface area contributed by atoms with Gasteiger partial charge in [0.2, 0.25) is 0 Å². The fraction of sp³-hybridized carbons (Fsp3) is 0.194. The number of carboxylic acids is 2. The average molecular weight is 588 g/mol. The van der Waals surface area contributed by atoms with Crippen molar-refractivity contribution in [3.8, 4) is 38.7 Å². The van der Waals surface area contributed by atoms with Crippen LogP contribution in [-0.2, 0) is 11.2 Å². The number of fused-ring (bicyclic) bond motifs is 1. The van der Waals surface area contributed by atoms with E-state index in [4.69, 9.17) is 21.3 Å². The maximum atomic E-state index is 12.0. The lowest BCUT2D eigenvalue weighted by molar-refractivity contribution is -0.136. The average Bonchev–Trinajstić information content (AvgIpc) is 3.32. The molecule has 208 valence electrons. The Kier molecular flexibility index (Phi) is 7.50. The summed E-state index contributed by atoms with van der Waals surface area (Å²) >= 11 is 7.79. The molecule has 41 heavy (non-hydrogen) atoms. The van der Waals surface area contributed by atoms with Crippen LogP contribution in [0, 0.1) is 6.92 Å². The largest absolute Gasteiger partial charge is 0.487 e. The van der Waals surface area contributed by atoms with Gasteiger partial charge in [-0.05, 0) is 81.3 Å². The molecule has 3 aromatic heterocycles. The van der Waals surface area contributed by atoms with Gasteiger partial charge in [0, 0.05) is 45.9 Å². The van der Waals surface area contributed by atoms with Gasteiger partial charge < -0.3 is 14.9 Å². The minimum atomic E-state index is -1.07. The van der Waals surface area contributed by atoms with Gasteiger partial charge in [-0.2, -0.15) is 0 Å². The first-order valence-electron chi connectivity index (χ1n) is 12.7. The van der Waals surface area contributed by atoms with Crippen molar-refractivity contribution < 1.29 is 24.5 Å². The van der Waals surface area contributed by atoms with Crippen LogP contribution in [0.5, 0.6) is 5.75 Å². The minimum Gasteiger partial charge on any atom is -0.487 e. The number of aryl methyl sites for hydroxylation is 1. The summed E-state index contributed by atoms with van der Waals surface area (Å²) in [6.45, 7) is 7.70. The van der Waals surface area contributed by atoms with E-state index in [1.807, 2.05) is 52.0 Å². The van der Waals surface area contributed by atoms with E-state index in [0.717, 1.165) is 32.5 Å². The van der Waals surface area contributed by atoms with E-state index in [2.05, 4.69) is 9.97 Å². The van der Waals surface area contributed by atoms with Crippen molar-refractivity contribution in [1.29, 1.82) is 0 Å². The standard InChI is InChI=1S/C31H26ClN3O5S/c1-16-9-24-28(27(22(16)13-26(36)37)21-6-5-20(32)12-25(21)40-31(2,3)4)41-29(35-24)17-7-8-34-23(11-17)18-10-19(30(38)39)15-33-14-18/h5-12,14-15H,13H2,1-4H3,(H,36,37)(H,38,39). The zero-order valence-corrected chi connectivity index (χ0v) is 24.3. The Morgan fingerprint density at radius 3 is 2.51 bits per heavy atom. The number of aromatic nitrogens is 3. The molecule has 0 aliphatic carbocycles. The number of rotatable bonds is 7. The van der Waals surface area contributed by atoms with E-state index in [0.29, 0.717) is 32.6 Å². The van der Waals surface area contributed by atoms with Gasteiger partial charge >= 0.3 is 11.9 Å². The first-order chi connectivity index (χ1) is 19.4. The Labute approximate surface area is 245 Å². The number of hydrogen-bond donors (Lipinski definition) is 2. The predicted molar refractivity (Wildman–Crippen MR) is 160 cm³/mol. The molecule has 0 spiro atoms. The Balaban J connectivity index is 1.72. The fourth-order valence-electron chi connectivity index (χ4n) is 4.56. The molecule has 2 N–H and O–H groups in total. The van der Waals surface area contributed by atoms with Gasteiger partial charge in [0.15, 0.2) is 0 Å². The summed E-state index contributed by atoms with van der Waals surface area (Å²) in [6.07, 6.45) is 4.32. The first-order valence-corrected chi connectivity index (χ1v) is 13.9. The van der Waals surface area contributed by atoms with Gasteiger partial charge in [-0.15, -0.1) is 11.3 Å². The molecule has 0 atom stereocenters. The van der Waals surface area contributed by atoms with Gasteiger partial charge in [-0.1, -0.05) is 11.6 Å². The third kappa shape index (κ3) is 6.06. The van der Waals surface area contributed by atoms with Crippen LogP contribution in [0.1, 0.15) is 42.3 Å². The Morgan fingerprint density at radius 1 is 1.02 bits per heavy atom. The second kappa shape index (κ2) is 10.9. The number of halogens is 1. The van der Waals surface area contributed by atoms with Crippen LogP contribution < -0.4 is 4.74 Å². The highest BCUT2D eigenvalue weighted by molar-refractivity contribution is 7.22. The van der Waals surface area contributed by atoms with E-state index < -0.39 is 17.5 Å². The highest BCUT2D eigenvalue weighted by Crippen LogP contribution is 2.45. The van der Waals surface area contributed by atoms with E-state index in [1.54, 1.807) is 24.5 Å². The van der Waals surface area contributed by atoms with Crippen LogP contribution in [0.2, 0.25) is 5.02 Å². The molecule has 3 heterocycles. The monoisotopic (exact) mass is 587 g/mol. The van der Waals surface area contributed by atoms with Gasteiger partial charge in [0.25, 0.3) is 0 Å². The maximum absolute atomic E-state index is 12.0. The van der Waals surface area contributed by atoms with Crippen molar-refractivity contribution in [2.75, 3.05) is 0 Å².